The van der Waals surface area contributed by atoms with Gasteiger partial charge in [0.1, 0.15) is 18.0 Å². The van der Waals surface area contributed by atoms with Crippen molar-refractivity contribution in [2.75, 3.05) is 19.7 Å². The fraction of sp³-hybridized carbons (Fsp3) is 0.524. The van der Waals surface area contributed by atoms with Crippen LogP contribution in [0.3, 0.4) is 0 Å². The van der Waals surface area contributed by atoms with Crippen LogP contribution in [0.2, 0.25) is 5.02 Å². The third-order valence-electron chi connectivity index (χ3n) is 5.19. The van der Waals surface area contributed by atoms with Gasteiger partial charge in [-0.15, -0.1) is 11.3 Å². The van der Waals surface area contributed by atoms with E-state index in [-0.39, 0.29) is 12.5 Å². The number of benzene rings is 1. The largest absolute Gasteiger partial charge is 0.491 e. The molecule has 0 aliphatic carbocycles. The van der Waals surface area contributed by atoms with Crippen molar-refractivity contribution < 1.29 is 14.6 Å². The Hall–Kier alpha value is -1.63. The lowest BCUT2D eigenvalue weighted by Crippen LogP contribution is -2.38. The first-order valence-corrected chi connectivity index (χ1v) is 10.8. The number of nitrogens with zero attached hydrogens (tertiary/aromatic N) is 2. The molecule has 0 saturated carbocycles. The molecule has 1 amide bonds. The van der Waals surface area contributed by atoms with E-state index >= 15 is 0 Å². The summed E-state index contributed by atoms with van der Waals surface area (Å²) in [5.74, 6) is 0.781. The number of aliphatic hydroxyl groups is 1. The normalized spacial score (nSPS) is 20.1. The number of carbonyl (C=O) groups is 1. The number of aromatic nitrogens is 1. The summed E-state index contributed by atoms with van der Waals surface area (Å²) >= 11 is 7.76. The average molecular weight is 423 g/mol. The quantitative estimate of drug-likeness (QED) is 0.788. The summed E-state index contributed by atoms with van der Waals surface area (Å²) in [4.78, 5) is 18.8. The second-order valence-corrected chi connectivity index (χ2v) is 9.09. The molecule has 1 aliphatic heterocycles. The molecule has 1 fully saturated rings. The zero-order chi connectivity index (χ0) is 20.3. The van der Waals surface area contributed by atoms with Crippen LogP contribution in [-0.2, 0) is 11.2 Å². The lowest BCUT2D eigenvalue weighted by molar-refractivity contribution is -0.130. The number of ether oxygens (including phenoxy) is 1. The summed E-state index contributed by atoms with van der Waals surface area (Å²) in [5, 5.41) is 14.6. The molecule has 1 unspecified atom stereocenters. The Morgan fingerprint density at radius 2 is 2.00 bits per heavy atom. The van der Waals surface area contributed by atoms with Crippen molar-refractivity contribution in [1.29, 1.82) is 0 Å². The topological polar surface area (TPSA) is 62.7 Å². The maximum atomic E-state index is 12.6. The van der Waals surface area contributed by atoms with Crippen molar-refractivity contribution in [3.8, 4) is 5.75 Å². The van der Waals surface area contributed by atoms with Gasteiger partial charge in [0.05, 0.1) is 17.1 Å². The van der Waals surface area contributed by atoms with Crippen molar-refractivity contribution in [2.24, 2.45) is 0 Å². The van der Waals surface area contributed by atoms with Crippen molar-refractivity contribution in [3.63, 3.8) is 0 Å². The molecule has 1 atom stereocenters. The zero-order valence-electron chi connectivity index (χ0n) is 16.6. The van der Waals surface area contributed by atoms with Crippen molar-refractivity contribution in [2.45, 2.75) is 52.1 Å². The molecule has 0 radical (unpaired) electrons. The number of hydrogen-bond donors (Lipinski definition) is 1. The Kier molecular flexibility index (Phi) is 6.63. The zero-order valence-corrected chi connectivity index (χ0v) is 18.2. The van der Waals surface area contributed by atoms with E-state index in [1.54, 1.807) is 11.3 Å². The van der Waals surface area contributed by atoms with Crippen LogP contribution in [0, 0.1) is 20.8 Å². The molecule has 0 bridgehead atoms. The lowest BCUT2D eigenvalue weighted by Gasteiger charge is -2.27. The third kappa shape index (κ3) is 5.25. The Labute approximate surface area is 175 Å². The number of halogens is 1. The van der Waals surface area contributed by atoms with Crippen molar-refractivity contribution >= 4 is 28.8 Å². The number of likely N-dealkylation sites (tertiary alicyclic amines) is 1. The van der Waals surface area contributed by atoms with E-state index in [0.29, 0.717) is 38.1 Å². The molecular weight excluding hydrogens is 396 g/mol. The molecule has 0 spiro atoms. The van der Waals surface area contributed by atoms with E-state index in [1.807, 2.05) is 43.2 Å². The number of amides is 1. The van der Waals surface area contributed by atoms with Crippen molar-refractivity contribution in [1.82, 2.24) is 9.88 Å². The van der Waals surface area contributed by atoms with Crippen LogP contribution < -0.4 is 4.74 Å². The average Bonchev–Trinajstić information content (AvgIpc) is 2.94. The van der Waals surface area contributed by atoms with E-state index in [4.69, 9.17) is 16.3 Å². The van der Waals surface area contributed by atoms with E-state index in [1.165, 1.54) is 0 Å². The van der Waals surface area contributed by atoms with E-state index in [9.17, 15) is 9.90 Å². The standard InChI is InChI=1S/C21H27ClN2O3S/c1-14-9-18(10-15(2)20(14)22)27-13-21(26)5-4-7-24(8-6-21)19(25)11-17-12-28-16(3)23-17/h9-10,12,26H,4-8,11,13H2,1-3H3. The highest BCUT2D eigenvalue weighted by atomic mass is 35.5. The molecule has 28 heavy (non-hydrogen) atoms. The fourth-order valence-electron chi connectivity index (χ4n) is 3.54. The van der Waals surface area contributed by atoms with Crippen LogP contribution in [0.5, 0.6) is 5.75 Å². The lowest BCUT2D eigenvalue weighted by atomic mass is 9.96. The highest BCUT2D eigenvalue weighted by molar-refractivity contribution is 7.09. The monoisotopic (exact) mass is 422 g/mol. The first-order valence-electron chi connectivity index (χ1n) is 9.56. The van der Waals surface area contributed by atoms with Gasteiger partial charge in [0.15, 0.2) is 0 Å². The van der Waals surface area contributed by atoms with Crippen LogP contribution in [0.15, 0.2) is 17.5 Å². The van der Waals surface area contributed by atoms with Gasteiger partial charge in [0.25, 0.3) is 0 Å². The van der Waals surface area contributed by atoms with Gasteiger partial charge >= 0.3 is 0 Å². The molecule has 1 aliphatic rings. The van der Waals surface area contributed by atoms with Crippen LogP contribution in [-0.4, -0.2) is 46.2 Å². The number of aryl methyl sites for hydroxylation is 3. The number of hydrogen-bond acceptors (Lipinski definition) is 5. The van der Waals surface area contributed by atoms with Crippen LogP contribution in [0.1, 0.15) is 41.1 Å². The molecule has 152 valence electrons. The first-order chi connectivity index (χ1) is 13.3. The van der Waals surface area contributed by atoms with E-state index in [0.717, 1.165) is 33.3 Å². The van der Waals surface area contributed by atoms with Crippen LogP contribution in [0.4, 0.5) is 0 Å². The third-order valence-corrected chi connectivity index (χ3v) is 6.60. The molecule has 2 aromatic rings. The molecule has 1 N–H and O–H groups in total. The van der Waals surface area contributed by atoms with Crippen molar-refractivity contribution in [3.05, 3.63) is 44.4 Å². The van der Waals surface area contributed by atoms with Gasteiger partial charge in [-0.2, -0.15) is 0 Å². The predicted octanol–water partition coefficient (Wildman–Crippen LogP) is 4.09. The summed E-state index contributed by atoms with van der Waals surface area (Å²) in [6.45, 7) is 7.21. The van der Waals surface area contributed by atoms with E-state index < -0.39 is 5.60 Å². The molecular formula is C21H27ClN2O3S. The highest BCUT2D eigenvalue weighted by Gasteiger charge is 2.32. The molecule has 3 rings (SSSR count). The molecule has 5 nitrogen and oxygen atoms in total. The van der Waals surface area contributed by atoms with Gasteiger partial charge in [-0.1, -0.05) is 11.6 Å². The molecule has 1 aromatic heterocycles. The van der Waals surface area contributed by atoms with Crippen LogP contribution in [0.25, 0.3) is 0 Å². The minimum Gasteiger partial charge on any atom is -0.491 e. The van der Waals surface area contributed by atoms with Gasteiger partial charge in [-0.3, -0.25) is 4.79 Å². The Morgan fingerprint density at radius 3 is 2.64 bits per heavy atom. The van der Waals surface area contributed by atoms with Crippen LogP contribution >= 0.6 is 22.9 Å². The molecule has 1 saturated heterocycles. The molecule has 7 heteroatoms. The maximum Gasteiger partial charge on any atom is 0.228 e. The predicted molar refractivity (Wildman–Crippen MR) is 112 cm³/mol. The number of thiazole rings is 1. The second kappa shape index (κ2) is 8.80. The summed E-state index contributed by atoms with van der Waals surface area (Å²) in [6, 6.07) is 3.78. The molecule has 2 heterocycles. The Bertz CT molecular complexity index is 831. The SMILES string of the molecule is Cc1nc(CC(=O)N2CCCC(O)(COc3cc(C)c(Cl)c(C)c3)CC2)cs1. The van der Waals surface area contributed by atoms with Gasteiger partial charge in [0.2, 0.25) is 5.91 Å². The fourth-order valence-corrected chi connectivity index (χ4v) is 4.26. The summed E-state index contributed by atoms with van der Waals surface area (Å²) < 4.78 is 5.89. The Morgan fingerprint density at radius 1 is 1.29 bits per heavy atom. The minimum atomic E-state index is -0.937. The summed E-state index contributed by atoms with van der Waals surface area (Å²) in [6.07, 6.45) is 2.18. The first kappa shape index (κ1) is 21.1. The maximum absolute atomic E-state index is 12.6. The molecule has 1 aromatic carbocycles. The minimum absolute atomic E-state index is 0.0689. The number of carbonyl (C=O) groups excluding carboxylic acids is 1. The number of rotatable bonds is 5. The summed E-state index contributed by atoms with van der Waals surface area (Å²) in [5.41, 5.74) is 1.80. The summed E-state index contributed by atoms with van der Waals surface area (Å²) in [7, 11) is 0. The smallest absolute Gasteiger partial charge is 0.228 e. The highest BCUT2D eigenvalue weighted by Crippen LogP contribution is 2.28. The Balaban J connectivity index is 1.56. The van der Waals surface area contributed by atoms with Gasteiger partial charge in [-0.05, 0) is 63.3 Å². The second-order valence-electron chi connectivity index (χ2n) is 7.65. The van der Waals surface area contributed by atoms with Gasteiger partial charge < -0.3 is 14.7 Å². The van der Waals surface area contributed by atoms with Gasteiger partial charge in [0, 0.05) is 23.5 Å². The van der Waals surface area contributed by atoms with Gasteiger partial charge in [-0.25, -0.2) is 4.98 Å². The van der Waals surface area contributed by atoms with E-state index in [2.05, 4.69) is 4.98 Å².